The van der Waals surface area contributed by atoms with Crippen molar-refractivity contribution in [1.82, 2.24) is 15.1 Å². The van der Waals surface area contributed by atoms with Crippen LogP contribution in [0.5, 0.6) is 0 Å². The zero-order valence-electron chi connectivity index (χ0n) is 13.7. The number of aromatic nitrogens is 2. The first-order valence-electron chi connectivity index (χ1n) is 7.88. The standard InChI is InChI=1S/C16H30BrN3/c1-6-9-16(4,12-18-10-7-2)11-14-15(17)13(8-3)19-20(14)5/h18H,6-12H2,1-5H3. The maximum absolute atomic E-state index is 4.62. The number of nitrogens with zero attached hydrogens (tertiary/aromatic N) is 2. The number of hydrogen-bond acceptors (Lipinski definition) is 2. The first-order chi connectivity index (χ1) is 9.47. The van der Waals surface area contributed by atoms with Crippen molar-refractivity contribution in [2.45, 2.75) is 59.8 Å². The van der Waals surface area contributed by atoms with E-state index in [1.165, 1.54) is 35.1 Å². The van der Waals surface area contributed by atoms with E-state index in [4.69, 9.17) is 0 Å². The molecule has 0 saturated heterocycles. The third-order valence-electron chi connectivity index (χ3n) is 3.93. The third kappa shape index (κ3) is 4.59. The van der Waals surface area contributed by atoms with Gasteiger partial charge < -0.3 is 5.32 Å². The lowest BCUT2D eigenvalue weighted by Crippen LogP contribution is -2.34. The highest BCUT2D eigenvalue weighted by Gasteiger charge is 2.27. The lowest BCUT2D eigenvalue weighted by atomic mass is 9.81. The molecule has 1 atom stereocenters. The average Bonchev–Trinajstić information content (AvgIpc) is 2.67. The number of halogens is 1. The molecule has 1 aromatic heterocycles. The molecule has 0 radical (unpaired) electrons. The summed E-state index contributed by atoms with van der Waals surface area (Å²) in [6.45, 7) is 11.2. The molecule has 0 saturated carbocycles. The maximum Gasteiger partial charge on any atom is 0.0766 e. The fraction of sp³-hybridized carbons (Fsp3) is 0.812. The second-order valence-electron chi connectivity index (χ2n) is 6.10. The molecule has 20 heavy (non-hydrogen) atoms. The summed E-state index contributed by atoms with van der Waals surface area (Å²) in [6, 6.07) is 0. The molecule has 1 heterocycles. The van der Waals surface area contributed by atoms with Crippen LogP contribution in [0.4, 0.5) is 0 Å². The van der Waals surface area contributed by atoms with E-state index < -0.39 is 0 Å². The molecule has 1 rings (SSSR count). The predicted octanol–water partition coefficient (Wildman–Crippen LogP) is 4.09. The van der Waals surface area contributed by atoms with Crippen molar-refractivity contribution >= 4 is 15.9 Å². The van der Waals surface area contributed by atoms with Crippen LogP contribution >= 0.6 is 15.9 Å². The van der Waals surface area contributed by atoms with Gasteiger partial charge in [0.2, 0.25) is 0 Å². The summed E-state index contributed by atoms with van der Waals surface area (Å²) in [6.07, 6.45) is 5.70. The first-order valence-corrected chi connectivity index (χ1v) is 8.67. The topological polar surface area (TPSA) is 29.9 Å². The van der Waals surface area contributed by atoms with Gasteiger partial charge in [-0.05, 0) is 53.6 Å². The molecule has 116 valence electrons. The highest BCUT2D eigenvalue weighted by Crippen LogP contribution is 2.32. The van der Waals surface area contributed by atoms with Crippen molar-refractivity contribution in [2.75, 3.05) is 13.1 Å². The Hall–Kier alpha value is -0.350. The van der Waals surface area contributed by atoms with Gasteiger partial charge in [0.1, 0.15) is 0 Å². The summed E-state index contributed by atoms with van der Waals surface area (Å²) in [4.78, 5) is 0. The first kappa shape index (κ1) is 17.7. The van der Waals surface area contributed by atoms with Crippen LogP contribution in [0.1, 0.15) is 58.3 Å². The molecule has 0 spiro atoms. The van der Waals surface area contributed by atoms with Crippen LogP contribution in [0.25, 0.3) is 0 Å². The van der Waals surface area contributed by atoms with Gasteiger partial charge in [0.15, 0.2) is 0 Å². The molecular formula is C16H30BrN3. The Labute approximate surface area is 132 Å². The van der Waals surface area contributed by atoms with Gasteiger partial charge in [0, 0.05) is 13.6 Å². The molecule has 0 aliphatic carbocycles. The maximum atomic E-state index is 4.62. The van der Waals surface area contributed by atoms with E-state index in [0.717, 1.165) is 25.9 Å². The Balaban J connectivity index is 2.86. The van der Waals surface area contributed by atoms with Crippen LogP contribution < -0.4 is 5.32 Å². The van der Waals surface area contributed by atoms with Crippen LogP contribution in [0.3, 0.4) is 0 Å². The number of nitrogens with one attached hydrogen (secondary N) is 1. The Morgan fingerprint density at radius 2 is 1.95 bits per heavy atom. The number of aryl methyl sites for hydroxylation is 2. The SMILES string of the molecule is CCCNCC(C)(CCC)Cc1c(Br)c(CC)nn1C. The summed E-state index contributed by atoms with van der Waals surface area (Å²) in [5, 5.41) is 8.21. The van der Waals surface area contributed by atoms with Gasteiger partial charge >= 0.3 is 0 Å². The van der Waals surface area contributed by atoms with E-state index in [9.17, 15) is 0 Å². The molecule has 1 N–H and O–H groups in total. The van der Waals surface area contributed by atoms with E-state index in [-0.39, 0.29) is 0 Å². The highest BCUT2D eigenvalue weighted by atomic mass is 79.9. The number of rotatable bonds is 9. The number of hydrogen-bond donors (Lipinski definition) is 1. The van der Waals surface area contributed by atoms with Crippen molar-refractivity contribution in [2.24, 2.45) is 12.5 Å². The summed E-state index contributed by atoms with van der Waals surface area (Å²) in [7, 11) is 2.06. The second-order valence-corrected chi connectivity index (χ2v) is 6.89. The van der Waals surface area contributed by atoms with Gasteiger partial charge in [-0.25, -0.2) is 0 Å². The minimum atomic E-state index is 0.297. The second kappa shape index (κ2) is 8.18. The van der Waals surface area contributed by atoms with Crippen LogP contribution in [0.15, 0.2) is 4.47 Å². The molecule has 0 amide bonds. The smallest absolute Gasteiger partial charge is 0.0766 e. The lowest BCUT2D eigenvalue weighted by Gasteiger charge is -2.30. The molecule has 0 fully saturated rings. The molecule has 0 bridgehead atoms. The molecule has 3 nitrogen and oxygen atoms in total. The highest BCUT2D eigenvalue weighted by molar-refractivity contribution is 9.10. The zero-order chi connectivity index (χ0) is 15.2. The van der Waals surface area contributed by atoms with E-state index in [0.29, 0.717) is 5.41 Å². The van der Waals surface area contributed by atoms with Crippen LogP contribution in [-0.2, 0) is 19.9 Å². The van der Waals surface area contributed by atoms with Gasteiger partial charge in [0.25, 0.3) is 0 Å². The minimum absolute atomic E-state index is 0.297. The normalized spacial score (nSPS) is 14.5. The summed E-state index contributed by atoms with van der Waals surface area (Å²) in [5.41, 5.74) is 2.80. The van der Waals surface area contributed by atoms with Crippen molar-refractivity contribution in [3.63, 3.8) is 0 Å². The lowest BCUT2D eigenvalue weighted by molar-refractivity contribution is 0.269. The molecule has 1 aromatic rings. The fourth-order valence-electron chi connectivity index (χ4n) is 2.83. The van der Waals surface area contributed by atoms with Crippen molar-refractivity contribution in [1.29, 1.82) is 0 Å². The van der Waals surface area contributed by atoms with Gasteiger partial charge in [-0.3, -0.25) is 4.68 Å². The molecular weight excluding hydrogens is 314 g/mol. The Bertz CT molecular complexity index is 414. The van der Waals surface area contributed by atoms with Gasteiger partial charge in [0.05, 0.1) is 15.9 Å². The Kier molecular flexibility index (Phi) is 7.24. The van der Waals surface area contributed by atoms with Gasteiger partial charge in [-0.1, -0.05) is 34.1 Å². The van der Waals surface area contributed by atoms with Crippen LogP contribution in [-0.4, -0.2) is 22.9 Å². The monoisotopic (exact) mass is 343 g/mol. The van der Waals surface area contributed by atoms with E-state index in [1.54, 1.807) is 0 Å². The van der Waals surface area contributed by atoms with Crippen LogP contribution in [0, 0.1) is 5.41 Å². The molecule has 0 aliphatic rings. The van der Waals surface area contributed by atoms with E-state index in [1.807, 2.05) is 0 Å². The van der Waals surface area contributed by atoms with Gasteiger partial charge in [-0.15, -0.1) is 0 Å². The van der Waals surface area contributed by atoms with Gasteiger partial charge in [-0.2, -0.15) is 5.10 Å². The van der Waals surface area contributed by atoms with E-state index >= 15 is 0 Å². The summed E-state index contributed by atoms with van der Waals surface area (Å²) >= 11 is 3.74. The van der Waals surface area contributed by atoms with Crippen molar-refractivity contribution in [3.05, 3.63) is 15.9 Å². The van der Waals surface area contributed by atoms with Crippen LogP contribution in [0.2, 0.25) is 0 Å². The van der Waals surface area contributed by atoms with E-state index in [2.05, 4.69) is 65.8 Å². The summed E-state index contributed by atoms with van der Waals surface area (Å²) < 4.78 is 3.26. The Morgan fingerprint density at radius 3 is 2.45 bits per heavy atom. The summed E-state index contributed by atoms with van der Waals surface area (Å²) in [5.74, 6) is 0. The fourth-order valence-corrected chi connectivity index (χ4v) is 3.58. The quantitative estimate of drug-likeness (QED) is 0.684. The molecule has 0 aromatic carbocycles. The third-order valence-corrected chi connectivity index (χ3v) is 4.84. The zero-order valence-corrected chi connectivity index (χ0v) is 15.3. The van der Waals surface area contributed by atoms with Crippen molar-refractivity contribution in [3.8, 4) is 0 Å². The minimum Gasteiger partial charge on any atom is -0.316 e. The average molecular weight is 344 g/mol. The molecule has 1 unspecified atom stereocenters. The largest absolute Gasteiger partial charge is 0.316 e. The van der Waals surface area contributed by atoms with Crippen molar-refractivity contribution < 1.29 is 0 Å². The molecule has 0 aliphatic heterocycles. The predicted molar refractivity (Wildman–Crippen MR) is 90.2 cm³/mol. The Morgan fingerprint density at radius 1 is 1.25 bits per heavy atom. The molecule has 4 heteroatoms.